The van der Waals surface area contributed by atoms with Crippen LogP contribution in [0.1, 0.15) is 49.8 Å². The van der Waals surface area contributed by atoms with Gasteiger partial charge in [0.05, 0.1) is 5.25 Å². The smallest absolute Gasteiger partial charge is 0.300 e. The summed E-state index contributed by atoms with van der Waals surface area (Å²) in [5, 5.41) is 11.5. The minimum absolute atomic E-state index is 0.106. The highest BCUT2D eigenvalue weighted by Gasteiger charge is 2.22. The van der Waals surface area contributed by atoms with Gasteiger partial charge in [0, 0.05) is 23.8 Å². The molecule has 0 saturated carbocycles. The van der Waals surface area contributed by atoms with Gasteiger partial charge in [-0.2, -0.15) is 0 Å². The summed E-state index contributed by atoms with van der Waals surface area (Å²) in [6.45, 7) is 10.3. The van der Waals surface area contributed by atoms with Gasteiger partial charge in [-0.05, 0) is 67.1 Å². The Bertz CT molecular complexity index is 1390. The Labute approximate surface area is 203 Å². The molecule has 0 spiro atoms. The van der Waals surface area contributed by atoms with Crippen LogP contribution < -0.4 is 10.9 Å². The molecule has 2 heterocycles. The largest absolute Gasteiger partial charge is 0.325 e. The van der Waals surface area contributed by atoms with Gasteiger partial charge in [-0.3, -0.25) is 18.6 Å². The lowest BCUT2D eigenvalue weighted by Gasteiger charge is -2.14. The predicted octanol–water partition coefficient (Wildman–Crippen LogP) is 5.13. The molecule has 1 amide bonds. The van der Waals surface area contributed by atoms with Gasteiger partial charge in [0.25, 0.3) is 0 Å². The van der Waals surface area contributed by atoms with Crippen molar-refractivity contribution < 1.29 is 4.79 Å². The first-order chi connectivity index (χ1) is 16.3. The molecule has 2 aromatic carbocycles. The summed E-state index contributed by atoms with van der Waals surface area (Å²) < 4.78 is 3.22. The predicted molar refractivity (Wildman–Crippen MR) is 137 cm³/mol. The van der Waals surface area contributed by atoms with Crippen LogP contribution in [0.25, 0.3) is 11.3 Å². The van der Waals surface area contributed by atoms with E-state index in [1.165, 1.54) is 22.9 Å². The van der Waals surface area contributed by atoms with Gasteiger partial charge in [-0.1, -0.05) is 50.7 Å². The number of anilines is 1. The van der Waals surface area contributed by atoms with Gasteiger partial charge >= 0.3 is 5.56 Å². The SMILES string of the molecule is CC[C@@H](Sc1nnc2c(=O)n(-c3ccc(C)c(C)c3)ccn12)C(=O)Nc1ccc(C(C)C)cc1. The van der Waals surface area contributed by atoms with Gasteiger partial charge in [0.1, 0.15) is 0 Å². The lowest BCUT2D eigenvalue weighted by Crippen LogP contribution is -2.25. The molecule has 0 aliphatic heterocycles. The average molecular weight is 476 g/mol. The van der Waals surface area contributed by atoms with Crippen molar-refractivity contribution in [2.45, 2.75) is 57.4 Å². The molecule has 0 saturated heterocycles. The number of nitrogens with zero attached hydrogens (tertiary/aromatic N) is 4. The highest BCUT2D eigenvalue weighted by atomic mass is 32.2. The van der Waals surface area contributed by atoms with Crippen LogP contribution in [0.3, 0.4) is 0 Å². The molecule has 176 valence electrons. The van der Waals surface area contributed by atoms with Crippen molar-refractivity contribution in [2.24, 2.45) is 0 Å². The number of fused-ring (bicyclic) bond motifs is 1. The summed E-state index contributed by atoms with van der Waals surface area (Å²) in [6, 6.07) is 13.8. The fourth-order valence-corrected chi connectivity index (χ4v) is 4.58. The van der Waals surface area contributed by atoms with Gasteiger partial charge in [-0.15, -0.1) is 10.2 Å². The van der Waals surface area contributed by atoms with Gasteiger partial charge in [0.15, 0.2) is 5.16 Å². The van der Waals surface area contributed by atoms with E-state index in [9.17, 15) is 9.59 Å². The van der Waals surface area contributed by atoms with E-state index in [2.05, 4.69) is 29.4 Å². The topological polar surface area (TPSA) is 81.3 Å². The van der Waals surface area contributed by atoms with Crippen molar-refractivity contribution in [3.8, 4) is 5.69 Å². The number of hydrogen-bond donors (Lipinski definition) is 1. The molecule has 0 fully saturated rings. The van der Waals surface area contributed by atoms with E-state index in [4.69, 9.17) is 0 Å². The van der Waals surface area contributed by atoms with E-state index in [1.54, 1.807) is 21.4 Å². The third-order valence-electron chi connectivity index (χ3n) is 5.96. The first kappa shape index (κ1) is 23.8. The Balaban J connectivity index is 1.55. The lowest BCUT2D eigenvalue weighted by molar-refractivity contribution is -0.115. The molecular weight excluding hydrogens is 446 g/mol. The number of rotatable bonds is 7. The van der Waals surface area contributed by atoms with Crippen LogP contribution in [0, 0.1) is 13.8 Å². The van der Waals surface area contributed by atoms with E-state index < -0.39 is 0 Å². The first-order valence-electron chi connectivity index (χ1n) is 11.4. The minimum Gasteiger partial charge on any atom is -0.325 e. The van der Waals surface area contributed by atoms with Crippen LogP contribution in [-0.4, -0.2) is 30.3 Å². The first-order valence-corrected chi connectivity index (χ1v) is 12.3. The monoisotopic (exact) mass is 475 g/mol. The third-order valence-corrected chi connectivity index (χ3v) is 7.28. The second kappa shape index (κ2) is 9.85. The summed E-state index contributed by atoms with van der Waals surface area (Å²) in [4.78, 5) is 26.0. The van der Waals surface area contributed by atoms with Crippen LogP contribution in [0.15, 0.2) is 64.8 Å². The van der Waals surface area contributed by atoms with Crippen molar-refractivity contribution >= 4 is 29.0 Å². The summed E-state index contributed by atoms with van der Waals surface area (Å²) in [5.41, 5.74) is 5.01. The lowest BCUT2D eigenvalue weighted by atomic mass is 10.0. The van der Waals surface area contributed by atoms with Crippen LogP contribution in [-0.2, 0) is 4.79 Å². The Morgan fingerprint density at radius 1 is 1.03 bits per heavy atom. The second-order valence-corrected chi connectivity index (χ2v) is 9.87. The number of benzene rings is 2. The van der Waals surface area contributed by atoms with E-state index in [1.807, 2.05) is 63.2 Å². The number of thioether (sulfide) groups is 1. The van der Waals surface area contributed by atoms with Crippen LogP contribution in [0.5, 0.6) is 0 Å². The molecule has 2 aromatic heterocycles. The molecule has 4 rings (SSSR count). The second-order valence-electron chi connectivity index (χ2n) is 8.70. The molecule has 1 N–H and O–H groups in total. The number of carbonyl (C=O) groups excluding carboxylic acids is 1. The highest BCUT2D eigenvalue weighted by molar-refractivity contribution is 8.00. The molecule has 0 radical (unpaired) electrons. The number of carbonyl (C=O) groups is 1. The average Bonchev–Trinajstić information content (AvgIpc) is 3.23. The summed E-state index contributed by atoms with van der Waals surface area (Å²) in [5.74, 6) is 0.328. The number of amides is 1. The van der Waals surface area contributed by atoms with Gasteiger partial charge < -0.3 is 5.32 Å². The normalized spacial score (nSPS) is 12.3. The quantitative estimate of drug-likeness (QED) is 0.375. The van der Waals surface area contributed by atoms with Crippen molar-refractivity contribution in [3.63, 3.8) is 0 Å². The Kier molecular flexibility index (Phi) is 6.88. The zero-order valence-corrected chi connectivity index (χ0v) is 20.9. The maximum absolute atomic E-state index is 13.1. The Morgan fingerprint density at radius 3 is 2.41 bits per heavy atom. The van der Waals surface area contributed by atoms with Gasteiger partial charge in [0.2, 0.25) is 11.6 Å². The summed E-state index contributed by atoms with van der Waals surface area (Å²) in [6.07, 6.45) is 4.09. The maximum Gasteiger partial charge on any atom is 0.300 e. The maximum atomic E-state index is 13.1. The van der Waals surface area contributed by atoms with Gasteiger partial charge in [-0.25, -0.2) is 0 Å². The highest BCUT2D eigenvalue weighted by Crippen LogP contribution is 2.26. The molecule has 0 aliphatic carbocycles. The van der Waals surface area contributed by atoms with E-state index in [-0.39, 0.29) is 22.4 Å². The Morgan fingerprint density at radius 2 is 1.76 bits per heavy atom. The van der Waals surface area contributed by atoms with Crippen molar-refractivity contribution in [1.82, 2.24) is 19.2 Å². The van der Waals surface area contributed by atoms with Crippen LogP contribution >= 0.6 is 11.8 Å². The zero-order chi connectivity index (χ0) is 24.4. The molecule has 4 aromatic rings. The third kappa shape index (κ3) is 4.77. The van der Waals surface area contributed by atoms with E-state index in [0.29, 0.717) is 17.5 Å². The fourth-order valence-electron chi connectivity index (χ4n) is 3.65. The fraction of sp³-hybridized carbons (Fsp3) is 0.308. The molecule has 0 unspecified atom stereocenters. The molecule has 34 heavy (non-hydrogen) atoms. The Hall–Kier alpha value is -3.39. The molecular formula is C26H29N5O2S. The zero-order valence-electron chi connectivity index (χ0n) is 20.1. The van der Waals surface area contributed by atoms with Crippen molar-refractivity contribution in [2.75, 3.05) is 5.32 Å². The van der Waals surface area contributed by atoms with Crippen LogP contribution in [0.2, 0.25) is 0 Å². The molecule has 1 atom stereocenters. The van der Waals surface area contributed by atoms with Crippen molar-refractivity contribution in [1.29, 1.82) is 0 Å². The van der Waals surface area contributed by atoms with Crippen LogP contribution in [0.4, 0.5) is 5.69 Å². The summed E-state index contributed by atoms with van der Waals surface area (Å²) in [7, 11) is 0. The molecule has 0 aliphatic rings. The molecule has 0 bridgehead atoms. The van der Waals surface area contributed by atoms with Crippen molar-refractivity contribution in [3.05, 3.63) is 81.9 Å². The van der Waals surface area contributed by atoms with E-state index >= 15 is 0 Å². The number of aryl methyl sites for hydroxylation is 2. The number of aromatic nitrogens is 4. The summed E-state index contributed by atoms with van der Waals surface area (Å²) >= 11 is 1.30. The number of nitrogens with one attached hydrogen (secondary N) is 1. The molecule has 7 nitrogen and oxygen atoms in total. The standard InChI is InChI=1S/C26H29N5O2S/c1-6-22(24(32)27-20-10-8-19(9-11-20)16(2)3)34-26-29-28-23-25(33)30(13-14-31(23)26)21-12-7-17(4)18(5)15-21/h7-16,22H,6H2,1-5H3,(H,27,32)/t22-/m1/s1. The number of hydrogen-bond acceptors (Lipinski definition) is 5. The molecule has 8 heteroatoms. The minimum atomic E-state index is -0.376. The van der Waals surface area contributed by atoms with E-state index in [0.717, 1.165) is 16.9 Å².